The number of hydrogen-bond acceptors (Lipinski definition) is 4. The highest BCUT2D eigenvalue weighted by atomic mass is 16.3. The van der Waals surface area contributed by atoms with Crippen LogP contribution in [0.15, 0.2) is 18.3 Å². The van der Waals surface area contributed by atoms with Crippen LogP contribution in [0.4, 0.5) is 0 Å². The molecule has 23 heavy (non-hydrogen) atoms. The van der Waals surface area contributed by atoms with Gasteiger partial charge in [0.1, 0.15) is 11.8 Å². The Balaban J connectivity index is 1.81. The molecule has 1 aliphatic rings. The number of carbonyl (C=O) groups excluding carboxylic acids is 1. The third-order valence-corrected chi connectivity index (χ3v) is 4.09. The molecule has 2 aromatic heterocycles. The van der Waals surface area contributed by atoms with Gasteiger partial charge in [0.05, 0.1) is 29.6 Å². The maximum atomic E-state index is 12.6. The highest BCUT2D eigenvalue weighted by Gasteiger charge is 2.23. The summed E-state index contributed by atoms with van der Waals surface area (Å²) in [5.41, 5.74) is 2.44. The molecule has 1 aliphatic heterocycles. The van der Waals surface area contributed by atoms with Gasteiger partial charge in [-0.2, -0.15) is 10.4 Å². The number of rotatable bonds is 3. The lowest BCUT2D eigenvalue weighted by atomic mass is 10.2. The number of amides is 1. The number of nitriles is 1. The summed E-state index contributed by atoms with van der Waals surface area (Å²) in [4.78, 5) is 17.2. The van der Waals surface area contributed by atoms with Crippen molar-refractivity contribution in [1.82, 2.24) is 19.7 Å². The summed E-state index contributed by atoms with van der Waals surface area (Å²) in [6.07, 6.45) is 2.37. The zero-order valence-electron chi connectivity index (χ0n) is 13.0. The van der Waals surface area contributed by atoms with Gasteiger partial charge < -0.3 is 15.0 Å². The third-order valence-electron chi connectivity index (χ3n) is 4.09. The van der Waals surface area contributed by atoms with Gasteiger partial charge in [-0.3, -0.25) is 9.48 Å². The van der Waals surface area contributed by atoms with Crippen molar-refractivity contribution < 1.29 is 9.90 Å². The Hall–Kier alpha value is -2.59. The van der Waals surface area contributed by atoms with Crippen LogP contribution in [0.2, 0.25) is 0 Å². The van der Waals surface area contributed by atoms with E-state index in [0.717, 1.165) is 18.7 Å². The Morgan fingerprint density at radius 2 is 2.35 bits per heavy atom. The number of hydrogen-bond donors (Lipinski definition) is 2. The average molecular weight is 313 g/mol. The van der Waals surface area contributed by atoms with Gasteiger partial charge in [0.25, 0.3) is 5.91 Å². The molecule has 0 spiro atoms. The first-order valence-corrected chi connectivity index (χ1v) is 7.75. The summed E-state index contributed by atoms with van der Waals surface area (Å²) in [7, 11) is 0. The summed E-state index contributed by atoms with van der Waals surface area (Å²) in [6, 6.07) is 5.45. The number of carbonyl (C=O) groups is 1. The quantitative estimate of drug-likeness (QED) is 0.898. The topological polar surface area (TPSA) is 97.9 Å². The number of H-pyrrole nitrogens is 1. The Bertz CT molecular complexity index is 755. The summed E-state index contributed by atoms with van der Waals surface area (Å²) in [5.74, 6) is -0.126. The number of aliphatic hydroxyl groups is 1. The van der Waals surface area contributed by atoms with E-state index >= 15 is 0 Å². The third kappa shape index (κ3) is 2.98. The monoisotopic (exact) mass is 313 g/mol. The standard InChI is InChI=1S/C16H19N5O2/c1-2-15(22)13-7-12-10-20(4-3-5-21(12)19-13)16(23)14-6-11(8-17)9-18-14/h6-7,9,15,18,22H,2-5,10H2,1H3/t15-/m1/s1. The molecule has 2 N–H and O–H groups in total. The van der Waals surface area contributed by atoms with Gasteiger partial charge in [-0.25, -0.2) is 0 Å². The van der Waals surface area contributed by atoms with E-state index in [1.807, 2.05) is 23.7 Å². The molecule has 0 aliphatic carbocycles. The molecular formula is C16H19N5O2. The first kappa shape index (κ1) is 15.3. The van der Waals surface area contributed by atoms with Gasteiger partial charge in [-0.1, -0.05) is 6.92 Å². The predicted octanol–water partition coefficient (Wildman–Crippen LogP) is 1.57. The first-order chi connectivity index (χ1) is 11.1. The average Bonchev–Trinajstić information content (AvgIpc) is 3.16. The molecule has 7 nitrogen and oxygen atoms in total. The van der Waals surface area contributed by atoms with Crippen molar-refractivity contribution in [3.05, 3.63) is 41.0 Å². The Morgan fingerprint density at radius 1 is 1.52 bits per heavy atom. The van der Waals surface area contributed by atoms with Crippen molar-refractivity contribution in [3.8, 4) is 6.07 Å². The smallest absolute Gasteiger partial charge is 0.270 e. The molecule has 0 aromatic carbocycles. The van der Waals surface area contributed by atoms with Crippen LogP contribution in [0.1, 0.15) is 53.3 Å². The van der Waals surface area contributed by atoms with Crippen LogP contribution < -0.4 is 0 Å². The maximum absolute atomic E-state index is 12.6. The molecule has 0 saturated heterocycles. The second-order valence-corrected chi connectivity index (χ2v) is 5.70. The molecule has 3 rings (SSSR count). The van der Waals surface area contributed by atoms with E-state index in [1.165, 1.54) is 6.20 Å². The minimum atomic E-state index is -0.569. The van der Waals surface area contributed by atoms with Crippen LogP contribution in [-0.4, -0.2) is 37.2 Å². The van der Waals surface area contributed by atoms with Gasteiger partial charge in [0, 0.05) is 19.3 Å². The molecule has 0 unspecified atom stereocenters. The van der Waals surface area contributed by atoms with Crippen LogP contribution in [0, 0.1) is 11.3 Å². The molecule has 1 amide bonds. The lowest BCUT2D eigenvalue weighted by molar-refractivity contribution is 0.0740. The maximum Gasteiger partial charge on any atom is 0.270 e. The minimum Gasteiger partial charge on any atom is -0.387 e. The van der Waals surface area contributed by atoms with Crippen molar-refractivity contribution in [2.24, 2.45) is 0 Å². The SMILES string of the molecule is CC[C@@H](O)c1cc2n(n1)CCCN(C(=O)c1cc(C#N)c[nH]1)C2. The van der Waals surface area contributed by atoms with E-state index in [1.54, 1.807) is 11.0 Å². The Morgan fingerprint density at radius 3 is 3.04 bits per heavy atom. The number of aliphatic hydroxyl groups excluding tert-OH is 1. The molecule has 0 saturated carbocycles. The van der Waals surface area contributed by atoms with E-state index in [0.29, 0.717) is 36.5 Å². The number of nitrogens with one attached hydrogen (secondary N) is 1. The lowest BCUT2D eigenvalue weighted by Crippen LogP contribution is -2.30. The summed E-state index contributed by atoms with van der Waals surface area (Å²) in [5, 5.41) is 23.2. The van der Waals surface area contributed by atoms with E-state index in [2.05, 4.69) is 10.1 Å². The molecule has 1 atom stereocenters. The van der Waals surface area contributed by atoms with Crippen LogP contribution in [-0.2, 0) is 13.1 Å². The Kier molecular flexibility index (Phi) is 4.17. The summed E-state index contributed by atoms with van der Waals surface area (Å²) >= 11 is 0. The van der Waals surface area contributed by atoms with E-state index < -0.39 is 6.10 Å². The number of aryl methyl sites for hydroxylation is 1. The Labute approximate surface area is 134 Å². The van der Waals surface area contributed by atoms with E-state index in [4.69, 9.17) is 5.26 Å². The van der Waals surface area contributed by atoms with E-state index in [-0.39, 0.29) is 5.91 Å². The molecule has 120 valence electrons. The fourth-order valence-corrected chi connectivity index (χ4v) is 2.78. The second-order valence-electron chi connectivity index (χ2n) is 5.70. The first-order valence-electron chi connectivity index (χ1n) is 7.75. The second kappa shape index (κ2) is 6.26. The molecule has 0 radical (unpaired) electrons. The van der Waals surface area contributed by atoms with E-state index in [9.17, 15) is 9.90 Å². The number of aromatic amines is 1. The van der Waals surface area contributed by atoms with Crippen LogP contribution >= 0.6 is 0 Å². The van der Waals surface area contributed by atoms with Crippen molar-refractivity contribution in [1.29, 1.82) is 5.26 Å². The minimum absolute atomic E-state index is 0.126. The van der Waals surface area contributed by atoms with Crippen LogP contribution in [0.3, 0.4) is 0 Å². The molecule has 7 heteroatoms. The molecule has 2 aromatic rings. The fraction of sp³-hybridized carbons (Fsp3) is 0.438. The highest BCUT2D eigenvalue weighted by Crippen LogP contribution is 2.21. The van der Waals surface area contributed by atoms with Gasteiger partial charge >= 0.3 is 0 Å². The summed E-state index contributed by atoms with van der Waals surface area (Å²) < 4.78 is 1.87. The van der Waals surface area contributed by atoms with Gasteiger partial charge in [0.2, 0.25) is 0 Å². The van der Waals surface area contributed by atoms with Crippen molar-refractivity contribution >= 4 is 5.91 Å². The molecule has 0 bridgehead atoms. The molecular weight excluding hydrogens is 294 g/mol. The zero-order valence-corrected chi connectivity index (χ0v) is 13.0. The van der Waals surface area contributed by atoms with Crippen molar-refractivity contribution in [2.45, 2.75) is 39.0 Å². The van der Waals surface area contributed by atoms with Gasteiger partial charge in [-0.15, -0.1) is 0 Å². The summed E-state index contributed by atoms with van der Waals surface area (Å²) in [6.45, 7) is 3.71. The molecule has 0 fully saturated rings. The lowest BCUT2D eigenvalue weighted by Gasteiger charge is -2.19. The number of nitrogens with zero attached hydrogens (tertiary/aromatic N) is 4. The largest absolute Gasteiger partial charge is 0.387 e. The normalized spacial score (nSPS) is 15.6. The van der Waals surface area contributed by atoms with Crippen molar-refractivity contribution in [3.63, 3.8) is 0 Å². The fourth-order valence-electron chi connectivity index (χ4n) is 2.78. The van der Waals surface area contributed by atoms with Crippen molar-refractivity contribution in [2.75, 3.05) is 6.54 Å². The predicted molar refractivity (Wildman–Crippen MR) is 82.3 cm³/mol. The highest BCUT2D eigenvalue weighted by molar-refractivity contribution is 5.92. The zero-order chi connectivity index (χ0) is 16.4. The van der Waals surface area contributed by atoms with Gasteiger partial charge in [0.15, 0.2) is 0 Å². The van der Waals surface area contributed by atoms with Gasteiger partial charge in [-0.05, 0) is 25.0 Å². The number of fused-ring (bicyclic) bond motifs is 1. The van der Waals surface area contributed by atoms with Crippen LogP contribution in [0.25, 0.3) is 0 Å². The number of aromatic nitrogens is 3. The molecule has 3 heterocycles. The van der Waals surface area contributed by atoms with Crippen LogP contribution in [0.5, 0.6) is 0 Å².